The van der Waals surface area contributed by atoms with E-state index in [1.807, 2.05) is 25.1 Å². The van der Waals surface area contributed by atoms with Crippen molar-refractivity contribution in [3.05, 3.63) is 35.5 Å². The first kappa shape index (κ1) is 11.5. The lowest BCUT2D eigenvalue weighted by Crippen LogP contribution is -2.04. The number of nitrogens with two attached hydrogens (primary N) is 1. The van der Waals surface area contributed by atoms with Crippen LogP contribution in [0, 0.1) is 0 Å². The number of ether oxygens (including phenoxy) is 1. The molecule has 90 valence electrons. The van der Waals surface area contributed by atoms with Crippen LogP contribution in [0.1, 0.15) is 15.9 Å². The summed E-state index contributed by atoms with van der Waals surface area (Å²) in [6.45, 7) is 0.621. The van der Waals surface area contributed by atoms with E-state index in [4.69, 9.17) is 10.5 Å². The van der Waals surface area contributed by atoms with E-state index < -0.39 is 0 Å². The lowest BCUT2D eigenvalue weighted by molar-refractivity contribution is 0.104. The van der Waals surface area contributed by atoms with Crippen LogP contribution in [0.4, 0.5) is 5.69 Å². The minimum absolute atomic E-state index is 0.0795. The topological polar surface area (TPSA) is 55.6 Å². The molecule has 0 saturated heterocycles. The van der Waals surface area contributed by atoms with Gasteiger partial charge in [0, 0.05) is 44.0 Å². The molecule has 0 amide bonds. The number of hydrogen-bond acceptors (Lipinski definition) is 4. The van der Waals surface area contributed by atoms with E-state index in [-0.39, 0.29) is 5.78 Å². The number of carbonyl (C=O) groups is 1. The first-order valence-corrected chi connectivity index (χ1v) is 5.52. The van der Waals surface area contributed by atoms with E-state index in [1.165, 1.54) is 6.08 Å². The van der Waals surface area contributed by atoms with Crippen molar-refractivity contribution in [1.29, 1.82) is 0 Å². The van der Waals surface area contributed by atoms with Crippen molar-refractivity contribution in [2.24, 2.45) is 0 Å². The second-order valence-electron chi connectivity index (χ2n) is 4.30. The summed E-state index contributed by atoms with van der Waals surface area (Å²) in [5, 5.41) is 0. The highest BCUT2D eigenvalue weighted by atomic mass is 16.5. The number of benzene rings is 1. The van der Waals surface area contributed by atoms with Crippen molar-refractivity contribution in [3.8, 4) is 5.75 Å². The molecule has 1 aliphatic rings. The van der Waals surface area contributed by atoms with Gasteiger partial charge in [-0.05, 0) is 12.1 Å². The summed E-state index contributed by atoms with van der Waals surface area (Å²) < 4.78 is 5.49. The van der Waals surface area contributed by atoms with Crippen molar-refractivity contribution < 1.29 is 9.53 Å². The third-order valence-electron chi connectivity index (χ3n) is 2.60. The lowest BCUT2D eigenvalue weighted by atomic mass is 10.0. The molecule has 2 N–H and O–H groups in total. The number of anilines is 1. The average molecular weight is 232 g/mol. The number of ketones is 1. The monoisotopic (exact) mass is 232 g/mol. The van der Waals surface area contributed by atoms with Crippen LogP contribution in [0.25, 0.3) is 0 Å². The Hall–Kier alpha value is -1.97. The van der Waals surface area contributed by atoms with Crippen LogP contribution < -0.4 is 10.5 Å². The predicted octanol–water partition coefficient (Wildman–Crippen LogP) is 1.46. The molecule has 17 heavy (non-hydrogen) atoms. The molecule has 0 atom stereocenters. The SMILES string of the molecule is CN(C)C=CC(=O)c1cc(N)cc2c1OCC2. The van der Waals surface area contributed by atoms with Crippen LogP contribution in [0.5, 0.6) is 5.75 Å². The molecule has 0 aromatic heterocycles. The molecule has 0 unspecified atom stereocenters. The predicted molar refractivity (Wildman–Crippen MR) is 67.2 cm³/mol. The standard InChI is InChI=1S/C13H16N2O2/c1-15(2)5-3-12(16)11-8-10(14)7-9-4-6-17-13(9)11/h3,5,7-8H,4,6,14H2,1-2H3. The zero-order chi connectivity index (χ0) is 12.4. The first-order valence-electron chi connectivity index (χ1n) is 5.52. The van der Waals surface area contributed by atoms with E-state index in [9.17, 15) is 4.79 Å². The molecular weight excluding hydrogens is 216 g/mol. The summed E-state index contributed by atoms with van der Waals surface area (Å²) in [5.74, 6) is 0.608. The highest BCUT2D eigenvalue weighted by molar-refractivity contribution is 6.07. The Morgan fingerprint density at radius 1 is 1.47 bits per heavy atom. The van der Waals surface area contributed by atoms with Gasteiger partial charge >= 0.3 is 0 Å². The van der Waals surface area contributed by atoms with Crippen LogP contribution in [-0.2, 0) is 6.42 Å². The Morgan fingerprint density at radius 3 is 2.94 bits per heavy atom. The highest BCUT2D eigenvalue weighted by Crippen LogP contribution is 2.32. The zero-order valence-electron chi connectivity index (χ0n) is 10.1. The third kappa shape index (κ3) is 2.41. The first-order chi connectivity index (χ1) is 8.08. The molecule has 1 aromatic rings. The molecule has 0 saturated carbocycles. The molecule has 1 aliphatic heterocycles. The minimum atomic E-state index is -0.0795. The number of hydrogen-bond donors (Lipinski definition) is 1. The number of fused-ring (bicyclic) bond motifs is 1. The molecule has 2 rings (SSSR count). The number of nitrogens with zero attached hydrogens (tertiary/aromatic N) is 1. The molecule has 1 aromatic carbocycles. The Morgan fingerprint density at radius 2 is 2.24 bits per heavy atom. The molecule has 4 nitrogen and oxygen atoms in total. The molecule has 0 fully saturated rings. The van der Waals surface area contributed by atoms with Gasteiger partial charge in [-0.25, -0.2) is 0 Å². The molecule has 4 heteroatoms. The third-order valence-corrected chi connectivity index (χ3v) is 2.60. The van der Waals surface area contributed by atoms with Crippen molar-refractivity contribution in [1.82, 2.24) is 4.90 Å². The van der Waals surface area contributed by atoms with E-state index in [2.05, 4.69) is 0 Å². The van der Waals surface area contributed by atoms with Gasteiger partial charge in [-0.1, -0.05) is 0 Å². The van der Waals surface area contributed by atoms with E-state index in [1.54, 1.807) is 12.3 Å². The molecule has 1 heterocycles. The van der Waals surface area contributed by atoms with Crippen molar-refractivity contribution >= 4 is 11.5 Å². The maximum Gasteiger partial charge on any atom is 0.191 e. The van der Waals surface area contributed by atoms with Gasteiger partial charge in [0.05, 0.1) is 12.2 Å². The second kappa shape index (κ2) is 4.49. The average Bonchev–Trinajstić information content (AvgIpc) is 2.72. The van der Waals surface area contributed by atoms with Crippen LogP contribution in [0.2, 0.25) is 0 Å². The van der Waals surface area contributed by atoms with Crippen molar-refractivity contribution in [3.63, 3.8) is 0 Å². The molecular formula is C13H16N2O2. The summed E-state index contributed by atoms with van der Waals surface area (Å²) in [7, 11) is 3.73. The molecule has 0 bridgehead atoms. The van der Waals surface area contributed by atoms with Gasteiger partial charge in [-0.2, -0.15) is 0 Å². The molecule has 0 spiro atoms. The van der Waals surface area contributed by atoms with Gasteiger partial charge in [0.1, 0.15) is 5.75 Å². The molecule has 0 aliphatic carbocycles. The van der Waals surface area contributed by atoms with E-state index >= 15 is 0 Å². The van der Waals surface area contributed by atoms with Crippen molar-refractivity contribution in [2.45, 2.75) is 6.42 Å². The van der Waals surface area contributed by atoms with Crippen LogP contribution in [0.3, 0.4) is 0 Å². The maximum atomic E-state index is 12.0. The van der Waals surface area contributed by atoms with E-state index in [0.717, 1.165) is 12.0 Å². The van der Waals surface area contributed by atoms with Crippen LogP contribution >= 0.6 is 0 Å². The fourth-order valence-corrected chi connectivity index (χ4v) is 1.82. The largest absolute Gasteiger partial charge is 0.492 e. The quantitative estimate of drug-likeness (QED) is 0.487. The van der Waals surface area contributed by atoms with Crippen LogP contribution in [-0.4, -0.2) is 31.4 Å². The van der Waals surface area contributed by atoms with Gasteiger partial charge in [0.15, 0.2) is 5.78 Å². The van der Waals surface area contributed by atoms with Gasteiger partial charge in [0.25, 0.3) is 0 Å². The fourth-order valence-electron chi connectivity index (χ4n) is 1.82. The van der Waals surface area contributed by atoms with Crippen LogP contribution in [0.15, 0.2) is 24.4 Å². The normalized spacial score (nSPS) is 13.5. The summed E-state index contributed by atoms with van der Waals surface area (Å²) in [4.78, 5) is 13.8. The second-order valence-corrected chi connectivity index (χ2v) is 4.30. The van der Waals surface area contributed by atoms with Gasteiger partial charge in [0.2, 0.25) is 0 Å². The molecule has 0 radical (unpaired) electrons. The number of rotatable bonds is 3. The lowest BCUT2D eigenvalue weighted by Gasteiger charge is -2.07. The van der Waals surface area contributed by atoms with Crippen molar-refractivity contribution in [2.75, 3.05) is 26.4 Å². The smallest absolute Gasteiger partial charge is 0.191 e. The summed E-state index contributed by atoms with van der Waals surface area (Å²) >= 11 is 0. The maximum absolute atomic E-state index is 12.0. The van der Waals surface area contributed by atoms with E-state index in [0.29, 0.717) is 23.6 Å². The summed E-state index contributed by atoms with van der Waals surface area (Å²) in [6, 6.07) is 3.54. The minimum Gasteiger partial charge on any atom is -0.492 e. The Labute approximate surface area is 101 Å². The zero-order valence-corrected chi connectivity index (χ0v) is 10.1. The van der Waals surface area contributed by atoms with Gasteiger partial charge in [-0.3, -0.25) is 4.79 Å². The van der Waals surface area contributed by atoms with Gasteiger partial charge < -0.3 is 15.4 Å². The highest BCUT2D eigenvalue weighted by Gasteiger charge is 2.20. The Bertz CT molecular complexity index is 479. The van der Waals surface area contributed by atoms with Gasteiger partial charge in [-0.15, -0.1) is 0 Å². The Kier molecular flexibility index (Phi) is 3.04. The summed E-state index contributed by atoms with van der Waals surface area (Å²) in [6.07, 6.45) is 4.06. The number of nitrogen functional groups attached to an aromatic ring is 1. The number of allylic oxidation sites excluding steroid dienone is 1. The summed E-state index contributed by atoms with van der Waals surface area (Å²) in [5.41, 5.74) is 7.96. The Balaban J connectivity index is 2.35. The fraction of sp³-hybridized carbons (Fsp3) is 0.308. The number of carbonyl (C=O) groups excluding carboxylic acids is 1.